The average molecular weight is 619 g/mol. The highest BCUT2D eigenvalue weighted by atomic mass is 32.1. The van der Waals surface area contributed by atoms with E-state index in [1.807, 2.05) is 41.7 Å². The van der Waals surface area contributed by atoms with Gasteiger partial charge in [-0.05, 0) is 65.7 Å². The lowest BCUT2D eigenvalue weighted by molar-refractivity contribution is 0.590. The lowest BCUT2D eigenvalue weighted by Gasteiger charge is -2.28. The van der Waals surface area contributed by atoms with Crippen molar-refractivity contribution in [3.63, 3.8) is 0 Å². The van der Waals surface area contributed by atoms with Crippen LogP contribution in [-0.2, 0) is 0 Å². The summed E-state index contributed by atoms with van der Waals surface area (Å²) in [7, 11) is 0. The molecule has 0 radical (unpaired) electrons. The van der Waals surface area contributed by atoms with Crippen molar-refractivity contribution in [1.29, 1.82) is 0 Å². The van der Waals surface area contributed by atoms with Crippen LogP contribution in [0.15, 0.2) is 162 Å². The third-order valence-corrected chi connectivity index (χ3v) is 10.4. The Hall–Kier alpha value is -5.97. The predicted molar refractivity (Wildman–Crippen MR) is 197 cm³/mol. The molecule has 0 unspecified atom stereocenters. The fourth-order valence-electron chi connectivity index (χ4n) is 7.17. The maximum Gasteiger partial charge on any atom is 0.227 e. The summed E-state index contributed by atoms with van der Waals surface area (Å²) < 4.78 is 9.06. The lowest BCUT2D eigenvalue weighted by Crippen LogP contribution is -2.11. The number of hydrogen-bond acceptors (Lipinski definition) is 4. The highest BCUT2D eigenvalue weighted by Crippen LogP contribution is 2.53. The first-order valence-electron chi connectivity index (χ1n) is 15.8. The first-order chi connectivity index (χ1) is 23.3. The van der Waals surface area contributed by atoms with Crippen LogP contribution in [0.1, 0.15) is 0 Å². The number of thiophene rings is 1. The van der Waals surface area contributed by atoms with Crippen molar-refractivity contribution in [2.45, 2.75) is 0 Å². The molecule has 0 saturated carbocycles. The zero-order valence-electron chi connectivity index (χ0n) is 25.2. The zero-order valence-corrected chi connectivity index (χ0v) is 26.0. The van der Waals surface area contributed by atoms with Gasteiger partial charge in [-0.1, -0.05) is 103 Å². The molecule has 1 aliphatic rings. The molecule has 47 heavy (non-hydrogen) atoms. The summed E-state index contributed by atoms with van der Waals surface area (Å²) in [5.74, 6) is 1.49. The molecule has 2 aromatic heterocycles. The molecule has 9 aromatic rings. The molecule has 10 rings (SSSR count). The van der Waals surface area contributed by atoms with Crippen LogP contribution in [-0.4, -0.2) is 4.98 Å². The fourth-order valence-corrected chi connectivity index (χ4v) is 8.29. The molecule has 0 bridgehead atoms. The fraction of sp³-hybridized carbons (Fsp3) is 0. The van der Waals surface area contributed by atoms with Crippen LogP contribution >= 0.6 is 11.3 Å². The molecule has 7 aromatic carbocycles. The molecule has 0 aliphatic heterocycles. The zero-order chi connectivity index (χ0) is 30.9. The van der Waals surface area contributed by atoms with E-state index in [-0.39, 0.29) is 0 Å². The normalized spacial score (nSPS) is 11.8. The number of aromatic nitrogens is 1. The van der Waals surface area contributed by atoms with Gasteiger partial charge in [0.1, 0.15) is 5.69 Å². The Morgan fingerprint density at radius 2 is 1.19 bits per heavy atom. The maximum absolute atomic E-state index is 6.49. The van der Waals surface area contributed by atoms with E-state index in [0.29, 0.717) is 5.89 Å². The molecule has 0 N–H and O–H groups in total. The smallest absolute Gasteiger partial charge is 0.227 e. The quantitative estimate of drug-likeness (QED) is 0.192. The Labute approximate surface area is 275 Å². The number of anilines is 3. The van der Waals surface area contributed by atoms with Crippen LogP contribution in [0.3, 0.4) is 0 Å². The molecule has 220 valence electrons. The van der Waals surface area contributed by atoms with Gasteiger partial charge in [-0.2, -0.15) is 0 Å². The first kappa shape index (κ1) is 26.3. The number of benzene rings is 7. The van der Waals surface area contributed by atoms with E-state index in [9.17, 15) is 0 Å². The van der Waals surface area contributed by atoms with Crippen LogP contribution < -0.4 is 4.90 Å². The molecule has 0 atom stereocenters. The van der Waals surface area contributed by atoms with Gasteiger partial charge in [-0.3, -0.25) is 0 Å². The van der Waals surface area contributed by atoms with Gasteiger partial charge in [0.25, 0.3) is 0 Å². The predicted octanol–water partition coefficient (Wildman–Crippen LogP) is 12.6. The summed E-state index contributed by atoms with van der Waals surface area (Å²) >= 11 is 1.85. The van der Waals surface area contributed by atoms with Gasteiger partial charge in [0, 0.05) is 53.3 Å². The number of fused-ring (bicyclic) bond motifs is 6. The van der Waals surface area contributed by atoms with E-state index in [1.54, 1.807) is 0 Å². The summed E-state index contributed by atoms with van der Waals surface area (Å²) in [6.45, 7) is 0. The van der Waals surface area contributed by atoms with E-state index in [0.717, 1.165) is 50.6 Å². The highest BCUT2D eigenvalue weighted by molar-refractivity contribution is 7.26. The second-order valence-electron chi connectivity index (χ2n) is 11.9. The number of rotatable bonds is 5. The molecule has 3 nitrogen and oxygen atoms in total. The molecule has 4 heteroatoms. The van der Waals surface area contributed by atoms with Crippen molar-refractivity contribution in [2.24, 2.45) is 0 Å². The summed E-state index contributed by atoms with van der Waals surface area (Å²) in [4.78, 5) is 7.47. The van der Waals surface area contributed by atoms with Gasteiger partial charge in [0.2, 0.25) is 5.89 Å². The Balaban J connectivity index is 1.23. The van der Waals surface area contributed by atoms with Crippen LogP contribution in [0.4, 0.5) is 17.1 Å². The van der Waals surface area contributed by atoms with E-state index in [1.165, 1.54) is 36.7 Å². The molecule has 1 aliphatic carbocycles. The van der Waals surface area contributed by atoms with Crippen LogP contribution in [0, 0.1) is 0 Å². The monoisotopic (exact) mass is 618 g/mol. The average Bonchev–Trinajstić information content (AvgIpc) is 3.83. The van der Waals surface area contributed by atoms with Gasteiger partial charge in [0.15, 0.2) is 5.76 Å². The van der Waals surface area contributed by atoms with Crippen molar-refractivity contribution in [3.05, 3.63) is 158 Å². The van der Waals surface area contributed by atoms with Gasteiger partial charge >= 0.3 is 0 Å². The standard InChI is InChI=1S/C43H26N2OS/c1-3-12-27(13-4-1)29-16-9-17-30(26-29)45(36-21-11-23-38-40(36)32-18-7-8-22-37(32)47-38)35-25-24-34-39-31(35)19-10-20-33(39)41-42(34)46-43(44-41)28-14-5-2-6-15-28/h1-26H. The molecule has 0 fully saturated rings. The number of nitrogens with zero attached hydrogens (tertiary/aromatic N) is 2. The third kappa shape index (κ3) is 4.02. The third-order valence-electron chi connectivity index (χ3n) is 9.24. The summed E-state index contributed by atoms with van der Waals surface area (Å²) in [6.07, 6.45) is 0. The first-order valence-corrected chi connectivity index (χ1v) is 16.6. The van der Waals surface area contributed by atoms with Crippen LogP contribution in [0.5, 0.6) is 0 Å². The van der Waals surface area contributed by atoms with Crippen molar-refractivity contribution in [1.82, 2.24) is 4.98 Å². The Kier molecular flexibility index (Phi) is 5.74. The minimum absolute atomic E-state index is 0.651. The summed E-state index contributed by atoms with van der Waals surface area (Å²) in [6, 6.07) is 56.1. The van der Waals surface area contributed by atoms with Gasteiger partial charge in [-0.25, -0.2) is 4.98 Å². The number of hydrogen-bond donors (Lipinski definition) is 0. The highest BCUT2D eigenvalue weighted by Gasteiger charge is 2.30. The summed E-state index contributed by atoms with van der Waals surface area (Å²) in [5, 5.41) is 4.88. The Bertz CT molecular complexity index is 2610. The molecular formula is C43H26N2OS. The number of oxazole rings is 1. The van der Waals surface area contributed by atoms with Crippen molar-refractivity contribution in [3.8, 4) is 45.2 Å². The molecular weight excluding hydrogens is 593 g/mol. The van der Waals surface area contributed by atoms with Crippen LogP contribution in [0.25, 0.3) is 76.1 Å². The second kappa shape index (κ2) is 10.3. The van der Waals surface area contributed by atoms with E-state index in [4.69, 9.17) is 9.40 Å². The summed E-state index contributed by atoms with van der Waals surface area (Å²) in [5.41, 5.74) is 9.83. The topological polar surface area (TPSA) is 29.3 Å². The Morgan fingerprint density at radius 3 is 2.06 bits per heavy atom. The van der Waals surface area contributed by atoms with Crippen molar-refractivity contribution >= 4 is 59.3 Å². The van der Waals surface area contributed by atoms with Crippen molar-refractivity contribution in [2.75, 3.05) is 4.90 Å². The van der Waals surface area contributed by atoms with Crippen LogP contribution in [0.2, 0.25) is 0 Å². The Morgan fingerprint density at radius 1 is 0.489 bits per heavy atom. The van der Waals surface area contributed by atoms with E-state index in [2.05, 4.69) is 132 Å². The second-order valence-corrected chi connectivity index (χ2v) is 13.0. The van der Waals surface area contributed by atoms with Gasteiger partial charge in [0.05, 0.1) is 11.4 Å². The largest absolute Gasteiger partial charge is 0.435 e. The lowest BCUT2D eigenvalue weighted by atomic mass is 9.99. The maximum atomic E-state index is 6.49. The minimum Gasteiger partial charge on any atom is -0.435 e. The van der Waals surface area contributed by atoms with Gasteiger partial charge in [-0.15, -0.1) is 11.3 Å². The molecule has 2 heterocycles. The molecule has 0 amide bonds. The van der Waals surface area contributed by atoms with E-state index >= 15 is 0 Å². The van der Waals surface area contributed by atoms with E-state index < -0.39 is 0 Å². The minimum atomic E-state index is 0.651. The SMILES string of the molecule is c1ccc(-c2cccc(N(c3ccc4c5c(cccc35)-c3nc(-c5ccccc5)oc3-4)c3cccc4sc5ccccc5c34)c2)cc1. The molecule has 0 saturated heterocycles. The van der Waals surface area contributed by atoms with Gasteiger partial charge < -0.3 is 9.32 Å². The molecule has 0 spiro atoms. The van der Waals surface area contributed by atoms with Crippen molar-refractivity contribution < 1.29 is 4.42 Å².